The Labute approximate surface area is 58.9 Å². The lowest BCUT2D eigenvalue weighted by atomic mass is 10.2. The molecular formula is C8H7FN. The highest BCUT2D eigenvalue weighted by atomic mass is 19.1. The Hall–Kier alpha value is -1.05. The van der Waals surface area contributed by atoms with Gasteiger partial charge in [-0.2, -0.15) is 0 Å². The van der Waals surface area contributed by atoms with Gasteiger partial charge in [-0.15, -0.1) is 0 Å². The summed E-state index contributed by atoms with van der Waals surface area (Å²) in [5.41, 5.74) is 1.61. The predicted molar refractivity (Wildman–Crippen MR) is 36.8 cm³/mol. The molecule has 0 N–H and O–H groups in total. The third-order valence-corrected chi connectivity index (χ3v) is 1.72. The van der Waals surface area contributed by atoms with Crippen LogP contribution in [0, 0.1) is 5.82 Å². The van der Waals surface area contributed by atoms with Gasteiger partial charge >= 0.3 is 0 Å². The average Bonchev–Trinajstić information content (AvgIpc) is 2.36. The predicted octanol–water partition coefficient (Wildman–Crippen LogP) is 1.62. The molecule has 0 bridgehead atoms. The highest BCUT2D eigenvalue weighted by Crippen LogP contribution is 2.24. The molecule has 0 aliphatic carbocycles. The van der Waals surface area contributed by atoms with E-state index in [-0.39, 0.29) is 5.82 Å². The van der Waals surface area contributed by atoms with Gasteiger partial charge in [-0.25, -0.2) is 4.39 Å². The molecule has 2 heteroatoms. The number of fused-ring (bicyclic) bond motifs is 1. The first kappa shape index (κ1) is 5.71. The summed E-state index contributed by atoms with van der Waals surface area (Å²) in [6.45, 7) is 0.746. The molecule has 1 aliphatic heterocycles. The van der Waals surface area contributed by atoms with E-state index < -0.39 is 0 Å². The molecule has 0 atom stereocenters. The quantitative estimate of drug-likeness (QED) is 0.514. The monoisotopic (exact) mass is 136 g/mol. The molecule has 10 heavy (non-hydrogen) atoms. The van der Waals surface area contributed by atoms with E-state index in [1.165, 1.54) is 6.07 Å². The van der Waals surface area contributed by atoms with E-state index in [0.29, 0.717) is 5.69 Å². The van der Waals surface area contributed by atoms with Gasteiger partial charge in [-0.05, 0) is 18.1 Å². The number of para-hydroxylation sites is 1. The minimum Gasteiger partial charge on any atom is -0.282 e. The van der Waals surface area contributed by atoms with E-state index in [0.717, 1.165) is 18.5 Å². The van der Waals surface area contributed by atoms with Gasteiger partial charge in [-0.3, -0.25) is 5.32 Å². The second kappa shape index (κ2) is 1.97. The molecule has 0 aromatic heterocycles. The van der Waals surface area contributed by atoms with E-state index in [4.69, 9.17) is 0 Å². The van der Waals surface area contributed by atoms with E-state index in [9.17, 15) is 4.39 Å². The highest BCUT2D eigenvalue weighted by molar-refractivity contribution is 5.49. The van der Waals surface area contributed by atoms with Crippen LogP contribution in [0.2, 0.25) is 0 Å². The molecule has 0 saturated carbocycles. The molecule has 1 aromatic rings. The zero-order valence-corrected chi connectivity index (χ0v) is 5.47. The fraction of sp³-hybridized carbons (Fsp3) is 0.250. The van der Waals surface area contributed by atoms with Gasteiger partial charge in [0.15, 0.2) is 0 Å². The summed E-state index contributed by atoms with van der Waals surface area (Å²) >= 11 is 0. The van der Waals surface area contributed by atoms with Crippen LogP contribution in [0.15, 0.2) is 18.2 Å². The van der Waals surface area contributed by atoms with E-state index >= 15 is 0 Å². The van der Waals surface area contributed by atoms with Gasteiger partial charge in [0, 0.05) is 6.54 Å². The number of hydrogen-bond donors (Lipinski definition) is 0. The number of benzene rings is 1. The van der Waals surface area contributed by atoms with Crippen molar-refractivity contribution >= 4 is 5.69 Å². The molecule has 51 valence electrons. The summed E-state index contributed by atoms with van der Waals surface area (Å²) in [6.07, 6.45) is 0.896. The van der Waals surface area contributed by atoms with E-state index in [1.807, 2.05) is 6.07 Å². The first-order chi connectivity index (χ1) is 4.88. The van der Waals surface area contributed by atoms with Crippen molar-refractivity contribution in [1.82, 2.24) is 5.32 Å². The molecule has 1 aromatic carbocycles. The summed E-state index contributed by atoms with van der Waals surface area (Å²) in [5, 5.41) is 4.02. The van der Waals surface area contributed by atoms with Crippen LogP contribution < -0.4 is 5.32 Å². The molecular weight excluding hydrogens is 129 g/mol. The minimum atomic E-state index is -0.185. The van der Waals surface area contributed by atoms with Crippen molar-refractivity contribution in [2.45, 2.75) is 6.42 Å². The summed E-state index contributed by atoms with van der Waals surface area (Å²) in [6, 6.07) is 5.11. The maximum absolute atomic E-state index is 12.8. The fourth-order valence-corrected chi connectivity index (χ4v) is 1.23. The number of nitrogens with zero attached hydrogens (tertiary/aromatic N) is 1. The third-order valence-electron chi connectivity index (χ3n) is 1.72. The Morgan fingerprint density at radius 1 is 1.40 bits per heavy atom. The van der Waals surface area contributed by atoms with Crippen molar-refractivity contribution in [2.24, 2.45) is 0 Å². The summed E-state index contributed by atoms with van der Waals surface area (Å²) in [5.74, 6) is -0.185. The van der Waals surface area contributed by atoms with Crippen LogP contribution in [-0.4, -0.2) is 6.54 Å². The molecule has 1 aliphatic rings. The normalized spacial score (nSPS) is 14.5. The second-order valence-corrected chi connectivity index (χ2v) is 2.38. The first-order valence-electron chi connectivity index (χ1n) is 3.33. The first-order valence-corrected chi connectivity index (χ1v) is 3.33. The van der Waals surface area contributed by atoms with Crippen molar-refractivity contribution in [3.05, 3.63) is 29.6 Å². The van der Waals surface area contributed by atoms with Crippen LogP contribution in [0.25, 0.3) is 0 Å². The smallest absolute Gasteiger partial charge is 0.148 e. The Bertz CT molecular complexity index is 257. The molecule has 1 heterocycles. The SMILES string of the molecule is Fc1cccc2c1[N]CC2. The van der Waals surface area contributed by atoms with Crippen molar-refractivity contribution in [1.29, 1.82) is 0 Å². The fourth-order valence-electron chi connectivity index (χ4n) is 1.23. The lowest BCUT2D eigenvalue weighted by Crippen LogP contribution is -1.91. The Morgan fingerprint density at radius 2 is 2.30 bits per heavy atom. The van der Waals surface area contributed by atoms with Crippen molar-refractivity contribution in [3.8, 4) is 0 Å². The number of hydrogen-bond acceptors (Lipinski definition) is 0. The van der Waals surface area contributed by atoms with Gasteiger partial charge < -0.3 is 0 Å². The van der Waals surface area contributed by atoms with Crippen LogP contribution in [0.3, 0.4) is 0 Å². The standard InChI is InChI=1S/C8H7FN/c9-7-3-1-2-6-4-5-10-8(6)7/h1-3H,4-5H2. The lowest BCUT2D eigenvalue weighted by Gasteiger charge is -1.96. The van der Waals surface area contributed by atoms with Crippen LogP contribution in [0.5, 0.6) is 0 Å². The van der Waals surface area contributed by atoms with Gasteiger partial charge in [-0.1, -0.05) is 12.1 Å². The zero-order chi connectivity index (χ0) is 6.97. The topological polar surface area (TPSA) is 14.1 Å². The molecule has 2 rings (SSSR count). The number of rotatable bonds is 0. The molecule has 1 radical (unpaired) electrons. The van der Waals surface area contributed by atoms with Crippen LogP contribution in [-0.2, 0) is 6.42 Å². The van der Waals surface area contributed by atoms with Crippen molar-refractivity contribution in [3.63, 3.8) is 0 Å². The molecule has 0 amide bonds. The summed E-state index contributed by atoms with van der Waals surface area (Å²) < 4.78 is 12.8. The minimum absolute atomic E-state index is 0.185. The average molecular weight is 136 g/mol. The number of halogens is 1. The van der Waals surface area contributed by atoms with Crippen LogP contribution in [0.4, 0.5) is 10.1 Å². The Kier molecular flexibility index (Phi) is 1.13. The zero-order valence-electron chi connectivity index (χ0n) is 5.47. The van der Waals surface area contributed by atoms with Crippen LogP contribution in [0.1, 0.15) is 5.56 Å². The van der Waals surface area contributed by atoms with Gasteiger partial charge in [0.25, 0.3) is 0 Å². The van der Waals surface area contributed by atoms with E-state index in [1.54, 1.807) is 6.07 Å². The summed E-state index contributed by atoms with van der Waals surface area (Å²) in [4.78, 5) is 0. The van der Waals surface area contributed by atoms with Crippen molar-refractivity contribution < 1.29 is 4.39 Å². The highest BCUT2D eigenvalue weighted by Gasteiger charge is 2.14. The maximum Gasteiger partial charge on any atom is 0.148 e. The molecule has 0 fully saturated rings. The van der Waals surface area contributed by atoms with Crippen molar-refractivity contribution in [2.75, 3.05) is 6.54 Å². The largest absolute Gasteiger partial charge is 0.282 e. The Morgan fingerprint density at radius 3 is 3.10 bits per heavy atom. The van der Waals surface area contributed by atoms with E-state index in [2.05, 4.69) is 5.32 Å². The van der Waals surface area contributed by atoms with Crippen LogP contribution >= 0.6 is 0 Å². The maximum atomic E-state index is 12.8. The molecule has 0 unspecified atom stereocenters. The Balaban J connectivity index is 2.59. The molecule has 1 nitrogen and oxygen atoms in total. The molecule has 0 saturated heterocycles. The van der Waals surface area contributed by atoms with Gasteiger partial charge in [0.05, 0.1) is 5.69 Å². The second-order valence-electron chi connectivity index (χ2n) is 2.38. The lowest BCUT2D eigenvalue weighted by molar-refractivity contribution is 0.622. The summed E-state index contributed by atoms with van der Waals surface area (Å²) in [7, 11) is 0. The van der Waals surface area contributed by atoms with Gasteiger partial charge in [0.2, 0.25) is 0 Å². The molecule has 0 spiro atoms. The third kappa shape index (κ3) is 0.685. The van der Waals surface area contributed by atoms with Gasteiger partial charge in [0.1, 0.15) is 5.82 Å².